The number of anilines is 3. The van der Waals surface area contributed by atoms with Crippen LogP contribution in [0.2, 0.25) is 0 Å². The molecule has 0 amide bonds. The molecule has 1 unspecified atom stereocenters. The normalized spacial score (nSPS) is 14.9. The Morgan fingerprint density at radius 3 is 2.59 bits per heavy atom. The second-order valence-corrected chi connectivity index (χ2v) is 6.93. The molecule has 3 aromatic rings. The molecule has 0 saturated heterocycles. The van der Waals surface area contributed by atoms with Crippen molar-refractivity contribution in [3.63, 3.8) is 0 Å². The highest BCUT2D eigenvalue weighted by molar-refractivity contribution is 5.83. The molecule has 0 aliphatic carbocycles. The molecule has 29 heavy (non-hydrogen) atoms. The zero-order chi connectivity index (χ0) is 20.9. The monoisotopic (exact) mass is 398 g/mol. The lowest BCUT2D eigenvalue weighted by molar-refractivity contribution is 0.585. The highest BCUT2D eigenvalue weighted by atomic mass is 19.1. The average molecular weight is 398 g/mol. The zero-order valence-corrected chi connectivity index (χ0v) is 15.6. The average Bonchev–Trinajstić information content (AvgIpc) is 3.04. The van der Waals surface area contributed by atoms with E-state index in [0.29, 0.717) is 27.8 Å². The summed E-state index contributed by atoms with van der Waals surface area (Å²) in [6.45, 7) is 1.83. The first kappa shape index (κ1) is 18.8. The summed E-state index contributed by atoms with van der Waals surface area (Å²) in [6.07, 6.45) is 3.27. The van der Waals surface area contributed by atoms with Crippen LogP contribution in [0, 0.1) is 17.5 Å². The molecule has 1 aliphatic rings. The van der Waals surface area contributed by atoms with Gasteiger partial charge in [0.2, 0.25) is 0 Å². The van der Waals surface area contributed by atoms with Crippen LogP contribution >= 0.6 is 0 Å². The number of hydrogen-bond donors (Lipinski definition) is 2. The van der Waals surface area contributed by atoms with Crippen LogP contribution < -0.4 is 27.2 Å². The van der Waals surface area contributed by atoms with E-state index < -0.39 is 17.5 Å². The maximum Gasteiger partial charge on any atom is 0.259 e. The quantitative estimate of drug-likeness (QED) is 0.667. The molecule has 8 heteroatoms. The minimum Gasteiger partial charge on any atom is -0.399 e. The Kier molecular flexibility index (Phi) is 4.41. The van der Waals surface area contributed by atoms with Gasteiger partial charge in [-0.1, -0.05) is 0 Å². The van der Waals surface area contributed by atoms with Gasteiger partial charge in [-0.25, -0.2) is 13.2 Å². The maximum atomic E-state index is 14.9. The molecule has 1 aromatic heterocycles. The smallest absolute Gasteiger partial charge is 0.259 e. The van der Waals surface area contributed by atoms with Gasteiger partial charge < -0.3 is 15.6 Å². The second-order valence-electron chi connectivity index (χ2n) is 6.93. The van der Waals surface area contributed by atoms with Gasteiger partial charge in [-0.3, -0.25) is 9.79 Å². The molecule has 1 atom stereocenters. The first-order valence-corrected chi connectivity index (χ1v) is 8.85. The molecule has 0 bridgehead atoms. The van der Waals surface area contributed by atoms with Crippen molar-refractivity contribution >= 4 is 23.1 Å². The van der Waals surface area contributed by atoms with E-state index in [2.05, 4.69) is 10.3 Å². The third kappa shape index (κ3) is 3.26. The number of aryl methyl sites for hydroxylation is 1. The molecular weight excluding hydrogens is 381 g/mol. The number of halogens is 3. The lowest BCUT2D eigenvalue weighted by Gasteiger charge is -2.16. The van der Waals surface area contributed by atoms with Crippen molar-refractivity contribution in [1.82, 2.24) is 4.57 Å². The Labute approximate surface area is 163 Å². The number of nitrogens with zero attached hydrogens (tertiary/aromatic N) is 2. The van der Waals surface area contributed by atoms with E-state index in [1.807, 2.05) is 6.92 Å². The Balaban J connectivity index is 1.99. The molecule has 0 spiro atoms. The van der Waals surface area contributed by atoms with Crippen molar-refractivity contribution < 1.29 is 13.2 Å². The Morgan fingerprint density at radius 2 is 1.86 bits per heavy atom. The predicted molar refractivity (Wildman–Crippen MR) is 106 cm³/mol. The summed E-state index contributed by atoms with van der Waals surface area (Å²) in [5.41, 5.74) is 6.41. The first-order valence-electron chi connectivity index (χ1n) is 8.85. The topological polar surface area (TPSA) is 72.4 Å². The molecule has 2 heterocycles. The fraction of sp³-hybridized carbons (Fsp3) is 0.143. The number of nitrogen functional groups attached to an aromatic ring is 1. The van der Waals surface area contributed by atoms with Gasteiger partial charge in [-0.15, -0.1) is 0 Å². The third-order valence-electron chi connectivity index (χ3n) is 4.72. The van der Waals surface area contributed by atoms with E-state index in [4.69, 9.17) is 5.73 Å². The Bertz CT molecular complexity index is 1330. The van der Waals surface area contributed by atoms with Gasteiger partial charge in [0.1, 0.15) is 17.5 Å². The summed E-state index contributed by atoms with van der Waals surface area (Å²) in [5.74, 6) is -2.34. The number of benzene rings is 2. The SMILES string of the molecule is CC1C=c2c(c(-c3cc(N)cc(F)c3Nc3ccc(F)cc3F)cn(C)c2=O)=N1. The fourth-order valence-corrected chi connectivity index (χ4v) is 3.41. The van der Waals surface area contributed by atoms with Crippen LogP contribution in [-0.2, 0) is 7.05 Å². The van der Waals surface area contributed by atoms with E-state index in [-0.39, 0.29) is 28.7 Å². The van der Waals surface area contributed by atoms with Crippen LogP contribution in [0.25, 0.3) is 17.2 Å². The van der Waals surface area contributed by atoms with Gasteiger partial charge in [0.15, 0.2) is 0 Å². The summed E-state index contributed by atoms with van der Waals surface area (Å²) < 4.78 is 43.6. The number of hydrogen-bond acceptors (Lipinski definition) is 4. The number of nitrogens with one attached hydrogen (secondary N) is 1. The molecule has 1 aliphatic heterocycles. The predicted octanol–water partition coefficient (Wildman–Crippen LogP) is 2.60. The summed E-state index contributed by atoms with van der Waals surface area (Å²) in [7, 11) is 1.58. The van der Waals surface area contributed by atoms with Crippen LogP contribution in [0.4, 0.5) is 30.2 Å². The fourth-order valence-electron chi connectivity index (χ4n) is 3.41. The van der Waals surface area contributed by atoms with Gasteiger partial charge in [-0.05, 0) is 37.3 Å². The highest BCUT2D eigenvalue weighted by Gasteiger charge is 2.19. The molecule has 3 N–H and O–H groups in total. The van der Waals surface area contributed by atoms with E-state index in [9.17, 15) is 18.0 Å². The largest absolute Gasteiger partial charge is 0.399 e. The standard InChI is InChI=1S/C21H17F3N4O/c1-10-5-14-19(26-10)15(9-28(2)21(14)29)13-7-12(25)8-17(24)20(13)27-18-4-3-11(22)6-16(18)23/h3-10,27H,25H2,1-2H3. The first-order chi connectivity index (χ1) is 13.7. The minimum atomic E-state index is -0.871. The zero-order valence-electron chi connectivity index (χ0n) is 15.6. The summed E-state index contributed by atoms with van der Waals surface area (Å²) in [5, 5.41) is 3.53. The lowest BCUT2D eigenvalue weighted by Crippen LogP contribution is -2.43. The van der Waals surface area contributed by atoms with Gasteiger partial charge >= 0.3 is 0 Å². The summed E-state index contributed by atoms with van der Waals surface area (Å²) in [6, 6.07) is 5.35. The molecule has 5 nitrogen and oxygen atoms in total. The van der Waals surface area contributed by atoms with E-state index in [1.54, 1.807) is 13.1 Å². The van der Waals surface area contributed by atoms with Crippen molar-refractivity contribution in [3.8, 4) is 11.1 Å². The molecule has 0 fully saturated rings. The summed E-state index contributed by atoms with van der Waals surface area (Å²) >= 11 is 0. The molecule has 0 radical (unpaired) electrons. The van der Waals surface area contributed by atoms with E-state index in [0.717, 1.165) is 12.1 Å². The van der Waals surface area contributed by atoms with Crippen molar-refractivity contribution in [1.29, 1.82) is 0 Å². The van der Waals surface area contributed by atoms with Gasteiger partial charge in [0.05, 0.1) is 28.0 Å². The van der Waals surface area contributed by atoms with Gasteiger partial charge in [-0.2, -0.15) is 0 Å². The van der Waals surface area contributed by atoms with Crippen LogP contribution in [-0.4, -0.2) is 10.6 Å². The minimum absolute atomic E-state index is 0.0553. The molecule has 4 rings (SSSR count). The van der Waals surface area contributed by atoms with Gasteiger partial charge in [0, 0.05) is 36.1 Å². The van der Waals surface area contributed by atoms with Crippen molar-refractivity contribution in [2.75, 3.05) is 11.1 Å². The Morgan fingerprint density at radius 1 is 1.10 bits per heavy atom. The number of nitrogens with two attached hydrogens (primary N) is 1. The van der Waals surface area contributed by atoms with Crippen molar-refractivity contribution in [3.05, 3.63) is 74.9 Å². The number of pyridine rings is 1. The van der Waals surface area contributed by atoms with Crippen LogP contribution in [0.1, 0.15) is 6.92 Å². The maximum absolute atomic E-state index is 14.9. The van der Waals surface area contributed by atoms with Crippen molar-refractivity contribution in [2.24, 2.45) is 12.0 Å². The second kappa shape index (κ2) is 6.80. The highest BCUT2D eigenvalue weighted by Crippen LogP contribution is 2.34. The molecule has 0 saturated carbocycles. The Hall–Kier alpha value is -3.55. The van der Waals surface area contributed by atoms with Crippen molar-refractivity contribution in [2.45, 2.75) is 13.0 Å². The van der Waals surface area contributed by atoms with Crippen LogP contribution in [0.15, 0.2) is 46.3 Å². The molecule has 148 valence electrons. The number of rotatable bonds is 3. The lowest BCUT2D eigenvalue weighted by atomic mass is 10.0. The molecular formula is C21H17F3N4O. The van der Waals surface area contributed by atoms with E-state index >= 15 is 0 Å². The van der Waals surface area contributed by atoms with E-state index in [1.165, 1.54) is 22.9 Å². The third-order valence-corrected chi connectivity index (χ3v) is 4.72. The number of fused-ring (bicyclic) bond motifs is 1. The molecule has 2 aromatic carbocycles. The number of aromatic nitrogens is 1. The summed E-state index contributed by atoms with van der Waals surface area (Å²) in [4.78, 5) is 16.9. The van der Waals surface area contributed by atoms with Crippen LogP contribution in [0.3, 0.4) is 0 Å². The van der Waals surface area contributed by atoms with Crippen LogP contribution in [0.5, 0.6) is 0 Å². The van der Waals surface area contributed by atoms with Gasteiger partial charge in [0.25, 0.3) is 5.56 Å².